The molecule has 1 aromatic carbocycles. The Morgan fingerprint density at radius 2 is 2.12 bits per heavy atom. The van der Waals surface area contributed by atoms with Gasteiger partial charge < -0.3 is 14.6 Å². The molecule has 24 heavy (non-hydrogen) atoms. The van der Waals surface area contributed by atoms with Crippen LogP contribution in [-0.2, 0) is 19.5 Å². The van der Waals surface area contributed by atoms with E-state index < -0.39 is 0 Å². The average molecular weight is 322 g/mol. The largest absolute Gasteiger partial charge is 0.467 e. The van der Waals surface area contributed by atoms with Gasteiger partial charge in [0.1, 0.15) is 5.76 Å². The summed E-state index contributed by atoms with van der Waals surface area (Å²) < 4.78 is 5.24. The molecule has 2 amide bonds. The summed E-state index contributed by atoms with van der Waals surface area (Å²) in [5.74, 6) is 0.745. The van der Waals surface area contributed by atoms with Crippen molar-refractivity contribution in [3.63, 3.8) is 0 Å². The fourth-order valence-electron chi connectivity index (χ4n) is 2.99. The Bertz CT molecular complexity index is 824. The minimum Gasteiger partial charge on any atom is -0.467 e. The van der Waals surface area contributed by atoms with Crippen LogP contribution in [0.3, 0.4) is 0 Å². The summed E-state index contributed by atoms with van der Waals surface area (Å²) in [6, 6.07) is 13.6. The van der Waals surface area contributed by atoms with E-state index in [4.69, 9.17) is 4.42 Å². The second kappa shape index (κ2) is 6.23. The molecule has 2 N–H and O–H groups in total. The highest BCUT2D eigenvalue weighted by Crippen LogP contribution is 2.28. The predicted molar refractivity (Wildman–Crippen MR) is 89.1 cm³/mol. The standard InChI is InChI=1S/C18H18N4O2/c23-18(19-11-14-7-4-10-24-14)22-9-8-16-15(12-22)17(21-20-16)13-5-2-1-3-6-13/h1-7,10H,8-9,11-12H2,(H,19,23)(H,20,21). The third-order valence-electron chi connectivity index (χ3n) is 4.26. The molecule has 0 unspecified atom stereocenters. The second-order valence-electron chi connectivity index (χ2n) is 5.80. The van der Waals surface area contributed by atoms with Crippen LogP contribution in [0.2, 0.25) is 0 Å². The van der Waals surface area contributed by atoms with Gasteiger partial charge in [0.15, 0.2) is 0 Å². The maximum absolute atomic E-state index is 12.4. The lowest BCUT2D eigenvalue weighted by atomic mass is 10.0. The fraction of sp³-hybridized carbons (Fsp3) is 0.222. The number of rotatable bonds is 3. The zero-order valence-corrected chi connectivity index (χ0v) is 13.2. The first-order valence-electron chi connectivity index (χ1n) is 7.98. The molecular formula is C18H18N4O2. The SMILES string of the molecule is O=C(NCc1ccco1)N1CCc2[nH]nc(-c3ccccc3)c2C1. The van der Waals surface area contributed by atoms with Crippen molar-refractivity contribution in [2.75, 3.05) is 6.54 Å². The first-order valence-corrected chi connectivity index (χ1v) is 7.98. The number of benzene rings is 1. The normalized spacial score (nSPS) is 13.6. The molecule has 6 heteroatoms. The molecular weight excluding hydrogens is 304 g/mol. The molecule has 2 aromatic heterocycles. The zero-order chi connectivity index (χ0) is 16.4. The van der Waals surface area contributed by atoms with Crippen LogP contribution >= 0.6 is 0 Å². The van der Waals surface area contributed by atoms with Gasteiger partial charge in [-0.2, -0.15) is 5.10 Å². The van der Waals surface area contributed by atoms with Crippen molar-refractivity contribution >= 4 is 6.03 Å². The van der Waals surface area contributed by atoms with Crippen LogP contribution in [0.25, 0.3) is 11.3 Å². The average Bonchev–Trinajstić information content (AvgIpc) is 3.29. The van der Waals surface area contributed by atoms with Crippen molar-refractivity contribution in [2.24, 2.45) is 0 Å². The lowest BCUT2D eigenvalue weighted by Gasteiger charge is -2.27. The summed E-state index contributed by atoms with van der Waals surface area (Å²) in [6.07, 6.45) is 2.38. The number of amides is 2. The van der Waals surface area contributed by atoms with Crippen LogP contribution in [0.1, 0.15) is 17.0 Å². The molecule has 6 nitrogen and oxygen atoms in total. The monoisotopic (exact) mass is 322 g/mol. The maximum Gasteiger partial charge on any atom is 0.318 e. The van der Waals surface area contributed by atoms with E-state index in [2.05, 4.69) is 15.5 Å². The summed E-state index contributed by atoms with van der Waals surface area (Å²) >= 11 is 0. The van der Waals surface area contributed by atoms with Crippen LogP contribution in [0.5, 0.6) is 0 Å². The lowest BCUT2D eigenvalue weighted by molar-refractivity contribution is 0.191. The number of aromatic nitrogens is 2. The third kappa shape index (κ3) is 2.78. The summed E-state index contributed by atoms with van der Waals surface area (Å²) in [7, 11) is 0. The van der Waals surface area contributed by atoms with Gasteiger partial charge in [0, 0.05) is 29.8 Å². The molecule has 1 aliphatic heterocycles. The van der Waals surface area contributed by atoms with Gasteiger partial charge in [0.2, 0.25) is 0 Å². The van der Waals surface area contributed by atoms with E-state index in [9.17, 15) is 4.79 Å². The fourth-order valence-corrected chi connectivity index (χ4v) is 2.99. The highest BCUT2D eigenvalue weighted by Gasteiger charge is 2.25. The van der Waals surface area contributed by atoms with E-state index in [0.29, 0.717) is 19.6 Å². The maximum atomic E-state index is 12.4. The number of H-pyrrole nitrogens is 1. The highest BCUT2D eigenvalue weighted by atomic mass is 16.3. The van der Waals surface area contributed by atoms with Crippen LogP contribution in [-0.4, -0.2) is 27.7 Å². The van der Waals surface area contributed by atoms with Gasteiger partial charge in [0.25, 0.3) is 0 Å². The first-order chi connectivity index (χ1) is 11.8. The third-order valence-corrected chi connectivity index (χ3v) is 4.26. The topological polar surface area (TPSA) is 74.2 Å². The predicted octanol–water partition coefficient (Wildman–Crippen LogP) is 2.94. The van der Waals surface area contributed by atoms with Crippen molar-refractivity contribution < 1.29 is 9.21 Å². The molecule has 3 heterocycles. The smallest absolute Gasteiger partial charge is 0.318 e. The zero-order valence-electron chi connectivity index (χ0n) is 13.2. The molecule has 0 spiro atoms. The Morgan fingerprint density at radius 1 is 1.25 bits per heavy atom. The van der Waals surface area contributed by atoms with Crippen molar-refractivity contribution in [2.45, 2.75) is 19.5 Å². The molecule has 0 radical (unpaired) electrons. The van der Waals surface area contributed by atoms with Crippen LogP contribution in [0.15, 0.2) is 53.1 Å². The van der Waals surface area contributed by atoms with Crippen LogP contribution in [0.4, 0.5) is 4.79 Å². The highest BCUT2D eigenvalue weighted by molar-refractivity contribution is 5.75. The Balaban J connectivity index is 1.49. The number of nitrogens with zero attached hydrogens (tertiary/aromatic N) is 2. The van der Waals surface area contributed by atoms with E-state index in [-0.39, 0.29) is 6.03 Å². The Morgan fingerprint density at radius 3 is 2.92 bits per heavy atom. The van der Waals surface area contributed by atoms with Crippen molar-refractivity contribution in [1.29, 1.82) is 0 Å². The Labute approximate surface area is 139 Å². The van der Waals surface area contributed by atoms with Crippen LogP contribution in [0, 0.1) is 0 Å². The number of carbonyl (C=O) groups excluding carboxylic acids is 1. The molecule has 0 saturated heterocycles. The Kier molecular flexibility index (Phi) is 3.78. The molecule has 0 bridgehead atoms. The molecule has 0 aliphatic carbocycles. The number of hydrogen-bond donors (Lipinski definition) is 2. The van der Waals surface area contributed by atoms with Crippen molar-refractivity contribution in [1.82, 2.24) is 20.4 Å². The van der Waals surface area contributed by atoms with E-state index in [1.165, 1.54) is 0 Å². The molecule has 0 fully saturated rings. The number of fused-ring (bicyclic) bond motifs is 1. The Hall–Kier alpha value is -3.02. The molecule has 0 saturated carbocycles. The number of hydrogen-bond acceptors (Lipinski definition) is 3. The number of furan rings is 1. The van der Waals surface area contributed by atoms with Gasteiger partial charge >= 0.3 is 6.03 Å². The van der Waals surface area contributed by atoms with Gasteiger partial charge in [-0.05, 0) is 12.1 Å². The number of carbonyl (C=O) groups is 1. The molecule has 3 aromatic rings. The minimum absolute atomic E-state index is 0.0859. The van der Waals surface area contributed by atoms with Gasteiger partial charge in [-0.25, -0.2) is 4.79 Å². The van der Waals surface area contributed by atoms with E-state index >= 15 is 0 Å². The molecule has 4 rings (SSSR count). The van der Waals surface area contributed by atoms with Gasteiger partial charge in [0.05, 0.1) is 25.0 Å². The van der Waals surface area contributed by atoms with Crippen molar-refractivity contribution in [3.05, 3.63) is 65.7 Å². The molecule has 1 aliphatic rings. The van der Waals surface area contributed by atoms with Crippen molar-refractivity contribution in [3.8, 4) is 11.3 Å². The number of nitrogens with one attached hydrogen (secondary N) is 2. The van der Waals surface area contributed by atoms with Crippen LogP contribution < -0.4 is 5.32 Å². The van der Waals surface area contributed by atoms with Gasteiger partial charge in [-0.3, -0.25) is 5.10 Å². The van der Waals surface area contributed by atoms with Gasteiger partial charge in [-0.1, -0.05) is 30.3 Å². The molecule has 122 valence electrons. The number of urea groups is 1. The second-order valence-corrected chi connectivity index (χ2v) is 5.80. The first kappa shape index (κ1) is 14.6. The quantitative estimate of drug-likeness (QED) is 0.778. The summed E-state index contributed by atoms with van der Waals surface area (Å²) in [5.41, 5.74) is 4.20. The number of aromatic amines is 1. The minimum atomic E-state index is -0.0859. The summed E-state index contributed by atoms with van der Waals surface area (Å²) in [5, 5.41) is 10.5. The molecule has 0 atom stereocenters. The van der Waals surface area contributed by atoms with E-state index in [0.717, 1.165) is 34.7 Å². The summed E-state index contributed by atoms with van der Waals surface area (Å²) in [6.45, 7) is 1.62. The summed E-state index contributed by atoms with van der Waals surface area (Å²) in [4.78, 5) is 14.2. The van der Waals surface area contributed by atoms with E-state index in [1.807, 2.05) is 47.4 Å². The lowest BCUT2D eigenvalue weighted by Crippen LogP contribution is -2.42. The van der Waals surface area contributed by atoms with Gasteiger partial charge in [-0.15, -0.1) is 0 Å². The van der Waals surface area contributed by atoms with E-state index in [1.54, 1.807) is 6.26 Å².